The Morgan fingerprint density at radius 1 is 0.934 bits per heavy atom. The van der Waals surface area contributed by atoms with Gasteiger partial charge in [-0.05, 0) is 144 Å². The fraction of sp³-hybridized carbons (Fsp3) is 0.460. The summed E-state index contributed by atoms with van der Waals surface area (Å²) in [6, 6.07) is 13.3. The highest BCUT2D eigenvalue weighted by atomic mass is 35.5. The molecule has 1 atom stereocenters. The van der Waals surface area contributed by atoms with Crippen LogP contribution in [0.1, 0.15) is 88.3 Å². The molecule has 4 fully saturated rings. The molecule has 0 aliphatic carbocycles. The molecule has 7 heterocycles. The Morgan fingerprint density at radius 3 is 2.43 bits per heavy atom. The second-order valence-electron chi connectivity index (χ2n) is 18.7. The second kappa shape index (κ2) is 17.0. The van der Waals surface area contributed by atoms with Crippen LogP contribution in [-0.4, -0.2) is 77.5 Å². The zero-order valence-corrected chi connectivity index (χ0v) is 37.3. The van der Waals surface area contributed by atoms with Gasteiger partial charge in [-0.25, -0.2) is 4.98 Å². The van der Waals surface area contributed by atoms with Crippen LogP contribution in [0.15, 0.2) is 97.1 Å². The number of halogens is 1. The molecule has 4 saturated heterocycles. The number of fused-ring (bicyclic) bond motifs is 2. The molecule has 1 spiro atoms. The van der Waals surface area contributed by atoms with Gasteiger partial charge < -0.3 is 30.2 Å². The molecule has 4 aromatic rings. The topological polar surface area (TPSA) is 80.6 Å². The number of aromatic nitrogens is 4. The number of benzene rings is 2. The van der Waals surface area contributed by atoms with Gasteiger partial charge in [-0.15, -0.1) is 6.58 Å². The fourth-order valence-corrected chi connectivity index (χ4v) is 10.7. The van der Waals surface area contributed by atoms with Crippen molar-refractivity contribution in [1.29, 1.82) is 0 Å². The summed E-state index contributed by atoms with van der Waals surface area (Å²) in [6.45, 7) is 26.7. The summed E-state index contributed by atoms with van der Waals surface area (Å²) >= 11 is 6.69. The molecule has 1 unspecified atom stereocenters. The van der Waals surface area contributed by atoms with Gasteiger partial charge in [0, 0.05) is 97.8 Å². The zero-order valence-electron chi connectivity index (χ0n) is 36.6. The Kier molecular flexibility index (Phi) is 11.5. The fourth-order valence-electron chi connectivity index (χ4n) is 10.5. The second-order valence-corrected chi connectivity index (χ2v) is 19.1. The van der Waals surface area contributed by atoms with Crippen molar-refractivity contribution in [2.75, 3.05) is 72.9 Å². The van der Waals surface area contributed by atoms with Crippen LogP contribution in [0.4, 0.5) is 28.8 Å². The summed E-state index contributed by atoms with van der Waals surface area (Å²) in [4.78, 5) is 19.5. The number of aryl methyl sites for hydroxylation is 1. The molecule has 320 valence electrons. The van der Waals surface area contributed by atoms with Crippen molar-refractivity contribution >= 4 is 57.4 Å². The maximum absolute atomic E-state index is 6.69. The van der Waals surface area contributed by atoms with Crippen molar-refractivity contribution in [3.63, 3.8) is 0 Å². The molecule has 11 heteroatoms. The predicted octanol–water partition coefficient (Wildman–Crippen LogP) is 10.6. The van der Waals surface area contributed by atoms with E-state index in [0.29, 0.717) is 16.3 Å². The Balaban J connectivity index is 0.752. The quantitative estimate of drug-likeness (QED) is 0.152. The molecule has 5 aliphatic rings. The summed E-state index contributed by atoms with van der Waals surface area (Å²) in [5.41, 5.74) is 12.8. The van der Waals surface area contributed by atoms with Crippen LogP contribution >= 0.6 is 11.6 Å². The lowest BCUT2D eigenvalue weighted by Gasteiger charge is -2.47. The van der Waals surface area contributed by atoms with E-state index in [1.807, 2.05) is 0 Å². The first-order chi connectivity index (χ1) is 29.4. The van der Waals surface area contributed by atoms with E-state index in [2.05, 4.69) is 125 Å². The molecule has 61 heavy (non-hydrogen) atoms. The maximum Gasteiger partial charge on any atom is 0.227 e. The molecule has 2 aromatic heterocycles. The SMILES string of the molecule is C=C(C)CCC1=Cc2cc(Nc3nc(N4CCC5(CCN(CC6CCN(c7ccc8c(C9CCC(=C)NC9=C)nn(C)c8c7)CC6)CC5)CC4)ncc3Cl)ccc2N(C)C1=C. The van der Waals surface area contributed by atoms with Gasteiger partial charge in [0.25, 0.3) is 0 Å². The number of rotatable bonds is 10. The standard InChI is InChI=1S/C50H63ClN10/c1-33(2)8-10-38-28-39-29-40(11-15-45(39)57(6)36(38)5)54-48-44(51)31-52-49(55-48)61-26-20-50(21-27-61)18-24-59(25-19-50)32-37-16-22-60(23-17-37)41-12-14-43-46(30-41)58(7)56-47(43)42-13-9-34(3)53-35(42)4/h11-12,14-15,28-31,37,42,53H,1,3-5,8-10,13,16-27,32H2,2,6-7H3,(H,52,54,55). The zero-order chi connectivity index (χ0) is 42.4. The smallest absolute Gasteiger partial charge is 0.227 e. The van der Waals surface area contributed by atoms with Gasteiger partial charge in [0.2, 0.25) is 5.95 Å². The molecular formula is C50H63ClN10. The van der Waals surface area contributed by atoms with Crippen LogP contribution in [0.3, 0.4) is 0 Å². The van der Waals surface area contributed by atoms with Crippen LogP contribution in [-0.2, 0) is 7.05 Å². The van der Waals surface area contributed by atoms with Gasteiger partial charge in [0.15, 0.2) is 5.82 Å². The van der Waals surface area contributed by atoms with E-state index >= 15 is 0 Å². The number of nitrogens with one attached hydrogen (secondary N) is 2. The Labute approximate surface area is 367 Å². The molecule has 5 aliphatic heterocycles. The number of hydrogen-bond donors (Lipinski definition) is 2. The molecule has 2 N–H and O–H groups in total. The van der Waals surface area contributed by atoms with Crippen LogP contribution in [0, 0.1) is 11.3 Å². The number of allylic oxidation sites excluding steroid dienone is 4. The van der Waals surface area contributed by atoms with Crippen LogP contribution < -0.4 is 25.3 Å². The molecule has 10 nitrogen and oxygen atoms in total. The highest BCUT2D eigenvalue weighted by Gasteiger charge is 2.39. The number of nitrogens with zero attached hydrogens (tertiary/aromatic N) is 8. The van der Waals surface area contributed by atoms with E-state index in [1.54, 1.807) is 6.20 Å². The number of likely N-dealkylation sites (N-methyl/N-ethyl adjacent to an activating group) is 1. The average molecular weight is 840 g/mol. The van der Waals surface area contributed by atoms with E-state index in [-0.39, 0.29) is 5.92 Å². The lowest BCUT2D eigenvalue weighted by molar-refractivity contribution is 0.0677. The van der Waals surface area contributed by atoms with Gasteiger partial charge in [-0.1, -0.05) is 36.9 Å². The molecule has 0 bridgehead atoms. The van der Waals surface area contributed by atoms with Crippen molar-refractivity contribution in [3.05, 3.63) is 113 Å². The van der Waals surface area contributed by atoms with Crippen LogP contribution in [0.5, 0.6) is 0 Å². The van der Waals surface area contributed by atoms with Crippen LogP contribution in [0.25, 0.3) is 17.0 Å². The van der Waals surface area contributed by atoms with Crippen molar-refractivity contribution in [1.82, 2.24) is 30.0 Å². The van der Waals surface area contributed by atoms with Gasteiger partial charge >= 0.3 is 0 Å². The molecule has 2 aromatic carbocycles. The minimum Gasteiger partial charge on any atom is -0.371 e. The summed E-state index contributed by atoms with van der Waals surface area (Å²) in [5.74, 6) is 2.37. The van der Waals surface area contributed by atoms with Crippen molar-refractivity contribution in [2.24, 2.45) is 18.4 Å². The first kappa shape index (κ1) is 41.3. The third-order valence-electron chi connectivity index (χ3n) is 14.5. The molecule has 0 radical (unpaired) electrons. The van der Waals surface area contributed by atoms with Crippen LogP contribution in [0.2, 0.25) is 5.02 Å². The van der Waals surface area contributed by atoms with Crippen molar-refractivity contribution in [2.45, 2.75) is 77.0 Å². The van der Waals surface area contributed by atoms with E-state index in [4.69, 9.17) is 26.7 Å². The lowest BCUT2D eigenvalue weighted by Crippen LogP contribution is -2.48. The van der Waals surface area contributed by atoms with E-state index in [0.717, 1.165) is 103 Å². The highest BCUT2D eigenvalue weighted by molar-refractivity contribution is 6.32. The Bertz CT molecular complexity index is 2380. The van der Waals surface area contributed by atoms with Gasteiger partial charge in [-0.3, -0.25) is 4.68 Å². The minimum atomic E-state index is 0.218. The number of piperidine rings is 4. The van der Waals surface area contributed by atoms with Crippen molar-refractivity contribution < 1.29 is 0 Å². The predicted molar refractivity (Wildman–Crippen MR) is 255 cm³/mol. The molecule has 9 rings (SSSR count). The third kappa shape index (κ3) is 8.58. The number of anilines is 5. The summed E-state index contributed by atoms with van der Waals surface area (Å²) in [6.07, 6.45) is 15.2. The first-order valence-corrected chi connectivity index (χ1v) is 22.8. The normalized spacial score (nSPS) is 21.2. The number of hydrogen-bond acceptors (Lipinski definition) is 9. The van der Waals surface area contributed by atoms with E-state index in [9.17, 15) is 0 Å². The van der Waals surface area contributed by atoms with Crippen molar-refractivity contribution in [3.8, 4) is 0 Å². The monoisotopic (exact) mass is 838 g/mol. The first-order valence-electron chi connectivity index (χ1n) is 22.5. The lowest BCUT2D eigenvalue weighted by atomic mass is 9.71. The van der Waals surface area contributed by atoms with Gasteiger partial charge in [0.1, 0.15) is 5.02 Å². The maximum atomic E-state index is 6.69. The number of likely N-dealkylation sites (tertiary alicyclic amines) is 1. The molecule has 0 amide bonds. The third-order valence-corrected chi connectivity index (χ3v) is 14.8. The average Bonchev–Trinajstić information content (AvgIpc) is 3.58. The van der Waals surface area contributed by atoms with E-state index in [1.165, 1.54) is 85.9 Å². The summed E-state index contributed by atoms with van der Waals surface area (Å²) in [7, 11) is 4.15. The molecular weight excluding hydrogens is 776 g/mol. The van der Waals surface area contributed by atoms with Gasteiger partial charge in [0.05, 0.1) is 17.4 Å². The Hall–Kier alpha value is -5.06. The summed E-state index contributed by atoms with van der Waals surface area (Å²) < 4.78 is 2.05. The largest absolute Gasteiger partial charge is 0.371 e. The molecule has 0 saturated carbocycles. The van der Waals surface area contributed by atoms with E-state index < -0.39 is 0 Å². The Morgan fingerprint density at radius 2 is 1.69 bits per heavy atom. The van der Waals surface area contributed by atoms with Gasteiger partial charge in [-0.2, -0.15) is 10.1 Å². The summed E-state index contributed by atoms with van der Waals surface area (Å²) in [5, 5.41) is 13.6. The highest BCUT2D eigenvalue weighted by Crippen LogP contribution is 2.43. The minimum absolute atomic E-state index is 0.218.